The third-order valence-electron chi connectivity index (χ3n) is 5.73. The number of rotatable bonds is 4. The third-order valence-corrected chi connectivity index (χ3v) is 5.96. The van der Waals surface area contributed by atoms with Gasteiger partial charge in [0, 0.05) is 63.6 Å². The summed E-state index contributed by atoms with van der Waals surface area (Å²) in [6.07, 6.45) is 0. The molecule has 1 aliphatic heterocycles. The molecule has 3 amide bonds. The molecule has 1 fully saturated rings. The molecule has 4 rings (SSSR count). The molecule has 1 N–H and O–H groups in total. The van der Waals surface area contributed by atoms with Crippen LogP contribution in [0.1, 0.15) is 16.2 Å². The molecular formula is C23H27ClN6O2. The van der Waals surface area contributed by atoms with Crippen LogP contribution >= 0.6 is 11.6 Å². The van der Waals surface area contributed by atoms with E-state index in [1.807, 2.05) is 42.3 Å². The minimum Gasteiger partial charge on any atom is -0.345 e. The summed E-state index contributed by atoms with van der Waals surface area (Å²) in [6, 6.07) is 12.7. The van der Waals surface area contributed by atoms with Gasteiger partial charge >= 0.3 is 6.03 Å². The third kappa shape index (κ3) is 4.71. The van der Waals surface area contributed by atoms with E-state index in [0.717, 1.165) is 29.9 Å². The second-order valence-electron chi connectivity index (χ2n) is 8.19. The zero-order chi connectivity index (χ0) is 22.8. The largest absolute Gasteiger partial charge is 0.345 e. The lowest BCUT2D eigenvalue weighted by molar-refractivity contribution is 0.0827. The Morgan fingerprint density at radius 3 is 2.53 bits per heavy atom. The van der Waals surface area contributed by atoms with Crippen molar-refractivity contribution in [2.24, 2.45) is 7.05 Å². The van der Waals surface area contributed by atoms with Gasteiger partial charge in [0.2, 0.25) is 0 Å². The number of imidazole rings is 1. The first-order valence-electron chi connectivity index (χ1n) is 10.5. The number of benzene rings is 2. The Hall–Kier alpha value is -3.10. The Balaban J connectivity index is 1.38. The van der Waals surface area contributed by atoms with E-state index in [9.17, 15) is 9.59 Å². The van der Waals surface area contributed by atoms with Crippen molar-refractivity contribution in [3.05, 3.63) is 58.9 Å². The number of aromatic nitrogens is 2. The number of nitrogens with one attached hydrogen (secondary N) is 1. The molecule has 0 unspecified atom stereocenters. The molecule has 32 heavy (non-hydrogen) atoms. The maximum absolute atomic E-state index is 12.6. The summed E-state index contributed by atoms with van der Waals surface area (Å²) in [5.74, 6) is 0.901. The molecule has 1 aliphatic rings. The topological polar surface area (TPSA) is 73.7 Å². The number of carbonyl (C=O) groups is 2. The van der Waals surface area contributed by atoms with E-state index in [4.69, 9.17) is 16.6 Å². The van der Waals surface area contributed by atoms with Gasteiger partial charge in [0.05, 0.1) is 17.6 Å². The predicted octanol–water partition coefficient (Wildman–Crippen LogP) is 3.28. The molecular weight excluding hydrogens is 428 g/mol. The summed E-state index contributed by atoms with van der Waals surface area (Å²) in [7, 11) is 5.48. The normalized spacial score (nSPS) is 14.6. The number of carbonyl (C=O) groups excluding carboxylic acids is 2. The monoisotopic (exact) mass is 454 g/mol. The highest BCUT2D eigenvalue weighted by molar-refractivity contribution is 6.30. The maximum atomic E-state index is 12.6. The minimum absolute atomic E-state index is 0.0359. The van der Waals surface area contributed by atoms with Crippen LogP contribution in [0.15, 0.2) is 42.5 Å². The molecule has 1 aromatic heterocycles. The summed E-state index contributed by atoms with van der Waals surface area (Å²) >= 11 is 5.99. The summed E-state index contributed by atoms with van der Waals surface area (Å²) in [5, 5.41) is 3.49. The highest BCUT2D eigenvalue weighted by Crippen LogP contribution is 2.20. The number of urea groups is 1. The standard InChI is InChI=1S/C23H27ClN6O2/c1-27(2)22(31)16-7-8-20-19(13-16)26-21(28(20)3)15-29-9-11-30(12-10-29)23(32)25-18-6-4-5-17(24)14-18/h4-8,13-14H,9-12,15H2,1-3H3,(H,25,32). The van der Waals surface area contributed by atoms with Crippen LogP contribution in [-0.2, 0) is 13.6 Å². The summed E-state index contributed by atoms with van der Waals surface area (Å²) in [6.45, 7) is 3.48. The van der Waals surface area contributed by atoms with Gasteiger partial charge in [-0.25, -0.2) is 9.78 Å². The molecule has 0 radical (unpaired) electrons. The number of amides is 3. The lowest BCUT2D eigenvalue weighted by atomic mass is 10.2. The van der Waals surface area contributed by atoms with E-state index in [-0.39, 0.29) is 11.9 Å². The van der Waals surface area contributed by atoms with Crippen LogP contribution in [-0.4, -0.2) is 76.5 Å². The number of fused-ring (bicyclic) bond motifs is 1. The average Bonchev–Trinajstić information content (AvgIpc) is 3.08. The van der Waals surface area contributed by atoms with E-state index in [1.165, 1.54) is 0 Å². The number of hydrogen-bond acceptors (Lipinski definition) is 4. The molecule has 168 valence electrons. The summed E-state index contributed by atoms with van der Waals surface area (Å²) in [5.41, 5.74) is 3.13. The first-order chi connectivity index (χ1) is 15.3. The van der Waals surface area contributed by atoms with Gasteiger partial charge in [-0.15, -0.1) is 0 Å². The highest BCUT2D eigenvalue weighted by Gasteiger charge is 2.23. The maximum Gasteiger partial charge on any atom is 0.321 e. The van der Waals surface area contributed by atoms with Crippen molar-refractivity contribution in [1.29, 1.82) is 0 Å². The highest BCUT2D eigenvalue weighted by atomic mass is 35.5. The van der Waals surface area contributed by atoms with E-state index >= 15 is 0 Å². The lowest BCUT2D eigenvalue weighted by Crippen LogP contribution is -2.49. The SMILES string of the molecule is CN(C)C(=O)c1ccc2c(c1)nc(CN1CCN(C(=O)Nc3cccc(Cl)c3)CC1)n2C. The van der Waals surface area contributed by atoms with Crippen LogP contribution in [0.4, 0.5) is 10.5 Å². The molecule has 0 atom stereocenters. The van der Waals surface area contributed by atoms with Gasteiger partial charge in [0.15, 0.2) is 0 Å². The van der Waals surface area contributed by atoms with Crippen molar-refractivity contribution >= 4 is 40.3 Å². The first-order valence-corrected chi connectivity index (χ1v) is 10.9. The van der Waals surface area contributed by atoms with E-state index in [0.29, 0.717) is 35.9 Å². The van der Waals surface area contributed by atoms with Crippen LogP contribution in [0.5, 0.6) is 0 Å². The quantitative estimate of drug-likeness (QED) is 0.656. The molecule has 2 heterocycles. The number of anilines is 1. The number of nitrogens with zero attached hydrogens (tertiary/aromatic N) is 5. The number of halogens is 1. The zero-order valence-corrected chi connectivity index (χ0v) is 19.3. The van der Waals surface area contributed by atoms with Gasteiger partial charge in [0.1, 0.15) is 5.82 Å². The predicted molar refractivity (Wildman–Crippen MR) is 126 cm³/mol. The molecule has 2 aromatic carbocycles. The fraction of sp³-hybridized carbons (Fsp3) is 0.348. The summed E-state index contributed by atoms with van der Waals surface area (Å²) < 4.78 is 2.07. The Morgan fingerprint density at radius 2 is 1.84 bits per heavy atom. The smallest absolute Gasteiger partial charge is 0.321 e. The van der Waals surface area contributed by atoms with Crippen molar-refractivity contribution in [1.82, 2.24) is 24.3 Å². The molecule has 0 aliphatic carbocycles. The van der Waals surface area contributed by atoms with Gasteiger partial charge in [-0.2, -0.15) is 0 Å². The molecule has 3 aromatic rings. The number of piperazine rings is 1. The molecule has 0 bridgehead atoms. The number of aryl methyl sites for hydroxylation is 1. The fourth-order valence-electron chi connectivity index (χ4n) is 3.86. The van der Waals surface area contributed by atoms with Crippen molar-refractivity contribution < 1.29 is 9.59 Å². The van der Waals surface area contributed by atoms with Crippen LogP contribution in [0.2, 0.25) is 5.02 Å². The van der Waals surface area contributed by atoms with E-state index in [1.54, 1.807) is 31.1 Å². The van der Waals surface area contributed by atoms with Gasteiger partial charge in [-0.1, -0.05) is 17.7 Å². The Bertz CT molecular complexity index is 1150. The zero-order valence-electron chi connectivity index (χ0n) is 18.5. The molecule has 9 heteroatoms. The second kappa shape index (κ2) is 9.18. The van der Waals surface area contributed by atoms with Gasteiger partial charge < -0.3 is 19.7 Å². The Kier molecular flexibility index (Phi) is 6.34. The minimum atomic E-state index is -0.118. The van der Waals surface area contributed by atoms with Gasteiger partial charge in [-0.3, -0.25) is 9.69 Å². The van der Waals surface area contributed by atoms with Crippen LogP contribution in [0, 0.1) is 0 Å². The van der Waals surface area contributed by atoms with Crippen LogP contribution in [0.25, 0.3) is 11.0 Å². The van der Waals surface area contributed by atoms with Crippen molar-refractivity contribution in [2.75, 3.05) is 45.6 Å². The molecule has 0 saturated carbocycles. The Morgan fingerprint density at radius 1 is 1.09 bits per heavy atom. The van der Waals surface area contributed by atoms with Crippen LogP contribution in [0.3, 0.4) is 0 Å². The molecule has 1 saturated heterocycles. The van der Waals surface area contributed by atoms with Crippen molar-refractivity contribution in [3.63, 3.8) is 0 Å². The van der Waals surface area contributed by atoms with E-state index < -0.39 is 0 Å². The van der Waals surface area contributed by atoms with Crippen LogP contribution < -0.4 is 5.32 Å². The van der Waals surface area contributed by atoms with Crippen molar-refractivity contribution in [3.8, 4) is 0 Å². The Labute approximate surface area is 192 Å². The lowest BCUT2D eigenvalue weighted by Gasteiger charge is -2.34. The number of hydrogen-bond donors (Lipinski definition) is 1. The molecule has 0 spiro atoms. The van der Waals surface area contributed by atoms with E-state index in [2.05, 4.69) is 14.8 Å². The first kappa shape index (κ1) is 22.1. The van der Waals surface area contributed by atoms with Gasteiger partial charge in [0.25, 0.3) is 5.91 Å². The second-order valence-corrected chi connectivity index (χ2v) is 8.63. The van der Waals surface area contributed by atoms with Gasteiger partial charge in [-0.05, 0) is 36.4 Å². The fourth-order valence-corrected chi connectivity index (χ4v) is 4.05. The average molecular weight is 455 g/mol. The molecule has 8 nitrogen and oxygen atoms in total. The van der Waals surface area contributed by atoms with Crippen molar-refractivity contribution in [2.45, 2.75) is 6.54 Å². The summed E-state index contributed by atoms with van der Waals surface area (Å²) in [4.78, 5) is 35.2.